The summed E-state index contributed by atoms with van der Waals surface area (Å²) >= 11 is 0. The maximum Gasteiger partial charge on any atom is 0.472 e. The average Bonchev–Trinajstić information content (AvgIpc) is 2.12. The second-order valence-electron chi connectivity index (χ2n) is 23.5. The van der Waals surface area contributed by atoms with Crippen LogP contribution in [0.5, 0.6) is 0 Å². The summed E-state index contributed by atoms with van der Waals surface area (Å²) in [4.78, 5) is 34.9. The molecule has 3 fully saturated rings. The lowest BCUT2D eigenvalue weighted by Crippen LogP contribution is -2.67. The molecule has 0 aromatic heterocycles. The van der Waals surface area contributed by atoms with Crippen molar-refractivity contribution in [3.8, 4) is 0 Å². The van der Waals surface area contributed by atoms with E-state index in [9.17, 15) is 95.2 Å². The summed E-state index contributed by atoms with van der Waals surface area (Å²) in [6.07, 6.45) is -9.03. The van der Waals surface area contributed by atoms with Gasteiger partial charge < -0.3 is 96.1 Å². The minimum atomic E-state index is -5.60. The molecule has 28 heteroatoms. The molecule has 13 unspecified atom stereocenters. The number of rotatable bonds is 46. The van der Waals surface area contributed by atoms with Gasteiger partial charge in [0.15, 0.2) is 6.29 Å². The van der Waals surface area contributed by atoms with Crippen LogP contribution >= 0.6 is 15.6 Å². The van der Waals surface area contributed by atoms with Crippen molar-refractivity contribution in [2.24, 2.45) is 0 Å². The zero-order valence-corrected chi connectivity index (χ0v) is 51.4. The van der Waals surface area contributed by atoms with Gasteiger partial charge in [0.1, 0.15) is 104 Å². The van der Waals surface area contributed by atoms with Gasteiger partial charge in [-0.2, -0.15) is 0 Å². The van der Waals surface area contributed by atoms with E-state index in [2.05, 4.69) is 19.2 Å². The third-order valence-electron chi connectivity index (χ3n) is 16.4. The molecule has 498 valence electrons. The minimum absolute atomic E-state index is 0.0206. The van der Waals surface area contributed by atoms with Crippen LogP contribution in [-0.4, -0.2) is 223 Å². The molecule has 1 heterocycles. The molecule has 0 radical (unpaired) electrons. The Morgan fingerprint density at radius 1 is 0.440 bits per heavy atom. The Morgan fingerprint density at radius 3 is 1.23 bits per heavy atom. The maximum absolute atomic E-state index is 13.8. The number of phosphoric acid groups is 2. The van der Waals surface area contributed by atoms with Gasteiger partial charge in [-0.1, -0.05) is 194 Å². The highest BCUT2D eigenvalue weighted by atomic mass is 31.2. The molecule has 0 aromatic carbocycles. The molecule has 3 aliphatic rings. The lowest BCUT2D eigenvalue weighted by Gasteiger charge is -2.47. The number of hydrogen-bond acceptors (Lipinski definition) is 23. The first-order chi connectivity index (χ1) is 39.9. The van der Waals surface area contributed by atoms with Gasteiger partial charge in [-0.15, -0.1) is 0 Å². The standard InChI is InChI=1S/C56H109NO25P2/c1-3-5-7-9-11-13-15-17-18-19-20-21-23-25-27-29-31-33-39(59)57-36(40(60)37(58)32-30-28-26-24-22-16-14-12-10-8-6-4-2)34-77-83(73,74)82-55-51(71)47(67)46(66)50(70)54(55)80-56-52(72)42(62)41(61)38(79-56)35-78-84(75,76)81-53-48(68)44(64)43(63)45(65)49(53)69/h36-38,40-56,58,60-72H,3-35H2,1-2H3,(H,57,59)(H,73,74)(H,75,76)/t36-,37+,38+,40-,41+,42?,43?,44+,45?,46?,47?,48?,49?,50+,51?,52?,53?,54?,55-,56+/m0/s1. The first kappa shape index (κ1) is 77.3. The van der Waals surface area contributed by atoms with Crippen LogP contribution in [-0.2, 0) is 41.5 Å². The van der Waals surface area contributed by atoms with Crippen LogP contribution in [0.4, 0.5) is 0 Å². The Hall–Kier alpha value is -0.950. The van der Waals surface area contributed by atoms with Crippen LogP contribution in [0.15, 0.2) is 0 Å². The van der Waals surface area contributed by atoms with Crippen molar-refractivity contribution >= 4 is 21.6 Å². The third kappa shape index (κ3) is 27.3. The summed E-state index contributed by atoms with van der Waals surface area (Å²) in [5.41, 5.74) is 0. The number of amides is 1. The SMILES string of the molecule is CCCCCCCCCCCCCCCCCCCC(=O)N[C@@H](COP(=O)(O)O[C@H]1C(O)C(O)C(O)[C@@H](O)C1O[C@H]1O[C@H](COP(=O)(O)OC2C(O)C(O)C(O)[C@@H](O)C2O)[C@@H](O)C(O)C1O)[C@H](O)[C@H](O)CCCCCCCCCCCCCC. The number of aliphatic hydroxyl groups excluding tert-OH is 14. The van der Waals surface area contributed by atoms with Crippen molar-refractivity contribution in [3.63, 3.8) is 0 Å². The van der Waals surface area contributed by atoms with Crippen molar-refractivity contribution in [2.45, 2.75) is 335 Å². The van der Waals surface area contributed by atoms with Crippen LogP contribution < -0.4 is 5.32 Å². The van der Waals surface area contributed by atoms with E-state index >= 15 is 0 Å². The van der Waals surface area contributed by atoms with E-state index in [0.717, 1.165) is 64.2 Å². The first-order valence-corrected chi connectivity index (χ1v) is 34.3. The molecule has 26 nitrogen and oxygen atoms in total. The van der Waals surface area contributed by atoms with Crippen molar-refractivity contribution in [1.82, 2.24) is 5.32 Å². The molecule has 2 saturated carbocycles. The second kappa shape index (κ2) is 41.4. The fourth-order valence-corrected chi connectivity index (χ4v) is 12.9. The Labute approximate surface area is 496 Å². The predicted octanol–water partition coefficient (Wildman–Crippen LogP) is 2.80. The molecular weight excluding hydrogens is 1150 g/mol. The summed E-state index contributed by atoms with van der Waals surface area (Å²) in [6.45, 7) is 2.18. The summed E-state index contributed by atoms with van der Waals surface area (Å²) in [6, 6.07) is -1.51. The van der Waals surface area contributed by atoms with E-state index in [4.69, 9.17) is 27.6 Å². The molecule has 0 bridgehead atoms. The van der Waals surface area contributed by atoms with Gasteiger partial charge in [-0.25, -0.2) is 9.13 Å². The third-order valence-corrected chi connectivity index (χ3v) is 18.4. The van der Waals surface area contributed by atoms with Gasteiger partial charge in [0.25, 0.3) is 0 Å². The van der Waals surface area contributed by atoms with Crippen LogP contribution in [0.2, 0.25) is 0 Å². The van der Waals surface area contributed by atoms with Crippen LogP contribution in [0, 0.1) is 0 Å². The quantitative estimate of drug-likeness (QED) is 0.0308. The lowest BCUT2D eigenvalue weighted by atomic mass is 9.84. The highest BCUT2D eigenvalue weighted by Crippen LogP contribution is 2.49. The smallest absolute Gasteiger partial charge is 0.390 e. The van der Waals surface area contributed by atoms with E-state index in [-0.39, 0.29) is 12.8 Å². The molecule has 3 rings (SSSR count). The predicted molar refractivity (Wildman–Crippen MR) is 305 cm³/mol. The zero-order valence-electron chi connectivity index (χ0n) is 49.6. The molecular formula is C56H109NO25P2. The van der Waals surface area contributed by atoms with Gasteiger partial charge in [-0.3, -0.25) is 22.9 Å². The number of hydrogen-bond donors (Lipinski definition) is 17. The largest absolute Gasteiger partial charge is 0.472 e. The van der Waals surface area contributed by atoms with Gasteiger partial charge in [0, 0.05) is 6.42 Å². The van der Waals surface area contributed by atoms with E-state index in [1.807, 2.05) is 0 Å². The molecule has 0 spiro atoms. The normalized spacial score (nSPS) is 32.8. The van der Waals surface area contributed by atoms with Crippen molar-refractivity contribution in [1.29, 1.82) is 0 Å². The molecule has 0 aromatic rings. The fraction of sp³-hybridized carbons (Fsp3) is 0.982. The Balaban J connectivity index is 1.63. The fourth-order valence-electron chi connectivity index (χ4n) is 11.0. The number of carbonyl (C=O) groups is 1. The second-order valence-corrected chi connectivity index (χ2v) is 26.3. The summed E-state index contributed by atoms with van der Waals surface area (Å²) in [7, 11) is -11.1. The molecule has 22 atom stereocenters. The summed E-state index contributed by atoms with van der Waals surface area (Å²) in [5.74, 6) is -0.551. The number of ether oxygens (including phenoxy) is 2. The van der Waals surface area contributed by atoms with E-state index in [0.29, 0.717) is 12.8 Å². The van der Waals surface area contributed by atoms with E-state index in [1.165, 1.54) is 109 Å². The zero-order chi connectivity index (χ0) is 62.4. The van der Waals surface area contributed by atoms with Crippen LogP contribution in [0.1, 0.15) is 213 Å². The van der Waals surface area contributed by atoms with E-state index < -0.39 is 157 Å². The first-order valence-electron chi connectivity index (χ1n) is 31.3. The van der Waals surface area contributed by atoms with Gasteiger partial charge >= 0.3 is 15.6 Å². The Morgan fingerprint density at radius 2 is 0.786 bits per heavy atom. The molecule has 1 amide bonds. The number of carbonyl (C=O) groups excluding carboxylic acids is 1. The van der Waals surface area contributed by atoms with Crippen molar-refractivity contribution < 1.29 is 123 Å². The average molecular weight is 1260 g/mol. The van der Waals surface area contributed by atoms with Gasteiger partial charge in [-0.05, 0) is 12.8 Å². The van der Waals surface area contributed by atoms with Crippen molar-refractivity contribution in [2.75, 3.05) is 13.2 Å². The van der Waals surface area contributed by atoms with Crippen molar-refractivity contribution in [3.05, 3.63) is 0 Å². The maximum atomic E-state index is 13.8. The number of nitrogens with one attached hydrogen (secondary N) is 1. The highest BCUT2D eigenvalue weighted by molar-refractivity contribution is 7.47. The van der Waals surface area contributed by atoms with E-state index in [1.54, 1.807) is 0 Å². The summed E-state index contributed by atoms with van der Waals surface area (Å²) in [5, 5.41) is 151. The van der Waals surface area contributed by atoms with Crippen LogP contribution in [0.25, 0.3) is 0 Å². The van der Waals surface area contributed by atoms with Gasteiger partial charge in [0.2, 0.25) is 5.91 Å². The topological polar surface area (TPSA) is 442 Å². The molecule has 1 aliphatic heterocycles. The lowest BCUT2D eigenvalue weighted by molar-refractivity contribution is -0.337. The monoisotopic (exact) mass is 1260 g/mol. The highest BCUT2D eigenvalue weighted by Gasteiger charge is 2.56. The molecule has 1 saturated heterocycles. The Kier molecular flexibility index (Phi) is 38.1. The summed E-state index contributed by atoms with van der Waals surface area (Å²) < 4.78 is 57.7. The molecule has 84 heavy (non-hydrogen) atoms. The molecule has 17 N–H and O–H groups in total. The minimum Gasteiger partial charge on any atom is -0.390 e. The van der Waals surface area contributed by atoms with Gasteiger partial charge in [0.05, 0.1) is 25.4 Å². The Bertz CT molecular complexity index is 1820. The van der Waals surface area contributed by atoms with Crippen LogP contribution in [0.3, 0.4) is 0 Å². The number of aliphatic hydroxyl groups is 14. The number of phosphoric ester groups is 2. The molecule has 2 aliphatic carbocycles. The number of unbranched alkanes of at least 4 members (excludes halogenated alkanes) is 27.